The minimum Gasteiger partial charge on any atom is -0.367 e. The highest BCUT2D eigenvalue weighted by molar-refractivity contribution is 8.15. The number of hydrogen-bond donors (Lipinski definition) is 2. The topological polar surface area (TPSA) is 143 Å². The molecule has 11 nitrogen and oxygen atoms in total. The van der Waals surface area contributed by atoms with Crippen molar-refractivity contribution in [3.63, 3.8) is 0 Å². The Balaban J connectivity index is 1.19. The maximum absolute atomic E-state index is 12.4. The van der Waals surface area contributed by atoms with Crippen LogP contribution >= 0.6 is 11.8 Å². The van der Waals surface area contributed by atoms with Gasteiger partial charge in [-0.25, -0.2) is 0 Å². The Morgan fingerprint density at radius 1 is 1.03 bits per heavy atom. The number of carbonyl (C=O) groups excluding carboxylic acids is 2. The molecule has 0 aliphatic carbocycles. The van der Waals surface area contributed by atoms with E-state index >= 15 is 0 Å². The molecular weight excluding hydrogens is 502 g/mol. The van der Waals surface area contributed by atoms with Gasteiger partial charge in [-0.2, -0.15) is 10.2 Å². The van der Waals surface area contributed by atoms with E-state index in [1.54, 1.807) is 11.1 Å². The molecule has 2 atom stereocenters. The number of hydrazone groups is 1. The van der Waals surface area contributed by atoms with Crippen molar-refractivity contribution >= 4 is 34.6 Å². The predicted octanol–water partition coefficient (Wildman–Crippen LogP) is 2.19. The van der Waals surface area contributed by atoms with E-state index in [0.717, 1.165) is 40.9 Å². The molecule has 3 N–H and O–H groups in total. The maximum Gasteiger partial charge on any atom is 0.252 e. The van der Waals surface area contributed by atoms with Crippen LogP contribution < -0.4 is 11.1 Å². The Bertz CT molecular complexity index is 1360. The number of amidine groups is 1. The molecule has 2 aliphatic heterocycles. The first-order chi connectivity index (χ1) is 18.3. The first kappa shape index (κ1) is 25.6. The number of nitrogens with two attached hydrogens (primary N) is 1. The second-order valence-electron chi connectivity index (χ2n) is 9.39. The molecule has 5 rings (SSSR count). The third-order valence-electron chi connectivity index (χ3n) is 6.33. The molecule has 2 aliphatic rings. The number of nitrogens with one attached hydrogen (secondary N) is 1. The number of carbonyl (C=O) groups is 2. The molecule has 5 heterocycles. The van der Waals surface area contributed by atoms with Crippen molar-refractivity contribution in [1.29, 1.82) is 0 Å². The van der Waals surface area contributed by atoms with Crippen molar-refractivity contribution < 1.29 is 9.59 Å². The molecule has 12 heteroatoms. The van der Waals surface area contributed by atoms with Crippen LogP contribution in [0.25, 0.3) is 0 Å². The van der Waals surface area contributed by atoms with Gasteiger partial charge in [-0.05, 0) is 68.4 Å². The van der Waals surface area contributed by atoms with Crippen LogP contribution in [0, 0.1) is 13.8 Å². The molecule has 196 valence electrons. The van der Waals surface area contributed by atoms with Gasteiger partial charge < -0.3 is 16.0 Å². The van der Waals surface area contributed by atoms with Gasteiger partial charge in [-0.1, -0.05) is 12.1 Å². The van der Waals surface area contributed by atoms with E-state index in [0.29, 0.717) is 24.6 Å². The Labute approximate surface area is 224 Å². The van der Waals surface area contributed by atoms with Crippen LogP contribution in [0.15, 0.2) is 53.6 Å². The number of amides is 2. The number of nitrogens with zero attached hydrogens (tertiary/aromatic N) is 7. The summed E-state index contributed by atoms with van der Waals surface area (Å²) in [6, 6.07) is 15.1. The lowest BCUT2D eigenvalue weighted by atomic mass is 10.1. The van der Waals surface area contributed by atoms with Crippen LogP contribution in [0.1, 0.15) is 40.8 Å². The molecule has 38 heavy (non-hydrogen) atoms. The normalized spacial score (nSPS) is 18.9. The zero-order chi connectivity index (χ0) is 26.6. The van der Waals surface area contributed by atoms with Crippen LogP contribution in [0.4, 0.5) is 5.82 Å². The van der Waals surface area contributed by atoms with Crippen LogP contribution in [-0.4, -0.2) is 65.5 Å². The van der Waals surface area contributed by atoms with Crippen LogP contribution in [0.3, 0.4) is 0 Å². The van der Waals surface area contributed by atoms with Crippen LogP contribution in [0.5, 0.6) is 0 Å². The fourth-order valence-electron chi connectivity index (χ4n) is 4.51. The number of rotatable bonds is 7. The molecule has 2 amide bonds. The van der Waals surface area contributed by atoms with Gasteiger partial charge in [0.2, 0.25) is 5.91 Å². The monoisotopic (exact) mass is 531 g/mol. The lowest BCUT2D eigenvalue weighted by Gasteiger charge is -2.19. The number of anilines is 1. The summed E-state index contributed by atoms with van der Waals surface area (Å²) in [5, 5.41) is 18.0. The molecule has 1 saturated heterocycles. The Morgan fingerprint density at radius 3 is 2.45 bits per heavy atom. The van der Waals surface area contributed by atoms with E-state index in [9.17, 15) is 9.59 Å². The quantitative estimate of drug-likeness (QED) is 0.469. The van der Waals surface area contributed by atoms with Crippen LogP contribution in [-0.2, 0) is 22.6 Å². The van der Waals surface area contributed by atoms with Gasteiger partial charge in [-0.3, -0.25) is 24.6 Å². The standard InChI is InChI=1S/C26H29N9O2S/c1-16-5-3-7-19(28-16)13-23(36)30-22-10-9-21(31-32-22)18-11-12-34(14-18)26-33-35(25(38-26)24(27)37)15-20-8-4-6-17(2)29-20/h3-10,18,25H,11-15H2,1-2H3,(H2,27,37)(H,30,32,36). The second-order valence-corrected chi connectivity index (χ2v) is 10.4. The maximum atomic E-state index is 12.4. The molecule has 1 fully saturated rings. The average Bonchev–Trinajstić information content (AvgIpc) is 3.52. The molecule has 2 unspecified atom stereocenters. The fourth-order valence-corrected chi connectivity index (χ4v) is 5.54. The van der Waals surface area contributed by atoms with Crippen molar-refractivity contribution in [2.75, 3.05) is 18.4 Å². The molecule has 3 aromatic heterocycles. The number of primary amides is 1. The van der Waals surface area contributed by atoms with Gasteiger partial charge in [0.25, 0.3) is 5.91 Å². The summed E-state index contributed by atoms with van der Waals surface area (Å²) in [6.07, 6.45) is 1.05. The minimum absolute atomic E-state index is 0.159. The zero-order valence-corrected chi connectivity index (χ0v) is 22.1. The summed E-state index contributed by atoms with van der Waals surface area (Å²) in [7, 11) is 0. The fraction of sp³-hybridized carbons (Fsp3) is 0.346. The number of pyridine rings is 2. The third kappa shape index (κ3) is 6.08. The average molecular weight is 532 g/mol. The predicted molar refractivity (Wildman–Crippen MR) is 145 cm³/mol. The van der Waals surface area contributed by atoms with E-state index in [-0.39, 0.29) is 18.2 Å². The highest BCUT2D eigenvalue weighted by Gasteiger charge is 2.37. The number of hydrogen-bond acceptors (Lipinski definition) is 10. The summed E-state index contributed by atoms with van der Waals surface area (Å²) < 4.78 is 0. The van der Waals surface area contributed by atoms with Crippen LogP contribution in [0.2, 0.25) is 0 Å². The van der Waals surface area contributed by atoms with E-state index in [1.165, 1.54) is 11.8 Å². The number of aryl methyl sites for hydroxylation is 2. The van der Waals surface area contributed by atoms with E-state index < -0.39 is 11.3 Å². The summed E-state index contributed by atoms with van der Waals surface area (Å²) in [5.41, 5.74) is 9.85. The largest absolute Gasteiger partial charge is 0.367 e. The molecule has 0 aromatic carbocycles. The van der Waals surface area contributed by atoms with E-state index in [1.807, 2.05) is 56.3 Å². The SMILES string of the molecule is Cc1cccc(CC(=O)Nc2ccc(C3CCN(C4=NN(Cc5cccc(C)n5)C(C(N)=O)S4)C3)nn2)n1. The highest BCUT2D eigenvalue weighted by atomic mass is 32.2. The lowest BCUT2D eigenvalue weighted by Crippen LogP contribution is -2.36. The number of aromatic nitrogens is 4. The van der Waals surface area contributed by atoms with Crippen molar-refractivity contribution in [3.8, 4) is 0 Å². The highest BCUT2D eigenvalue weighted by Crippen LogP contribution is 2.34. The second kappa shape index (κ2) is 11.1. The minimum atomic E-state index is -0.580. The molecule has 0 bridgehead atoms. The van der Waals surface area contributed by atoms with Crippen molar-refractivity contribution in [2.24, 2.45) is 10.8 Å². The summed E-state index contributed by atoms with van der Waals surface area (Å²) in [5.74, 6) is -0.0602. The van der Waals surface area contributed by atoms with Gasteiger partial charge in [0.15, 0.2) is 16.4 Å². The van der Waals surface area contributed by atoms with Crippen molar-refractivity contribution in [3.05, 3.63) is 77.0 Å². The van der Waals surface area contributed by atoms with E-state index in [4.69, 9.17) is 10.8 Å². The first-order valence-electron chi connectivity index (χ1n) is 12.4. The lowest BCUT2D eigenvalue weighted by molar-refractivity contribution is -0.120. The Morgan fingerprint density at radius 2 is 1.76 bits per heavy atom. The van der Waals surface area contributed by atoms with Gasteiger partial charge in [0.1, 0.15) is 0 Å². The van der Waals surface area contributed by atoms with Gasteiger partial charge in [0.05, 0.1) is 24.4 Å². The smallest absolute Gasteiger partial charge is 0.252 e. The molecule has 3 aromatic rings. The van der Waals surface area contributed by atoms with Crippen molar-refractivity contribution in [1.82, 2.24) is 30.1 Å². The summed E-state index contributed by atoms with van der Waals surface area (Å²) in [4.78, 5) is 35.5. The van der Waals surface area contributed by atoms with Crippen molar-refractivity contribution in [2.45, 2.75) is 44.5 Å². The third-order valence-corrected chi connectivity index (χ3v) is 7.58. The van der Waals surface area contributed by atoms with Gasteiger partial charge in [-0.15, -0.1) is 5.10 Å². The number of likely N-dealkylation sites (tertiary alicyclic amines) is 1. The summed E-state index contributed by atoms with van der Waals surface area (Å²) in [6.45, 7) is 5.71. The van der Waals surface area contributed by atoms with E-state index in [2.05, 4.69) is 30.4 Å². The Hall–Kier alpha value is -4.06. The van der Waals surface area contributed by atoms with Gasteiger partial charge >= 0.3 is 0 Å². The number of thioether (sulfide) groups is 1. The first-order valence-corrected chi connectivity index (χ1v) is 13.3. The summed E-state index contributed by atoms with van der Waals surface area (Å²) >= 11 is 1.37. The molecule has 0 radical (unpaired) electrons. The van der Waals surface area contributed by atoms with Gasteiger partial charge in [0, 0.05) is 36.1 Å². The molecule has 0 spiro atoms. The zero-order valence-electron chi connectivity index (χ0n) is 21.2. The Kier molecular flexibility index (Phi) is 7.50. The molecular formula is C26H29N9O2S. The molecule has 0 saturated carbocycles.